The first-order chi connectivity index (χ1) is 7.32. The molecule has 1 saturated heterocycles. The van der Waals surface area contributed by atoms with Crippen LogP contribution in [0.5, 0.6) is 0 Å². The van der Waals surface area contributed by atoms with Crippen molar-refractivity contribution in [2.45, 2.75) is 25.9 Å². The van der Waals surface area contributed by atoms with Crippen LogP contribution in [-0.4, -0.2) is 50.3 Å². The van der Waals surface area contributed by atoms with Gasteiger partial charge in [-0.1, -0.05) is 0 Å². The topological polar surface area (TPSA) is 105 Å². The zero-order valence-electron chi connectivity index (χ0n) is 9.43. The van der Waals surface area contributed by atoms with Gasteiger partial charge in [0.1, 0.15) is 6.04 Å². The number of amides is 1. The zero-order chi connectivity index (χ0) is 12.3. The second kappa shape index (κ2) is 5.09. The third-order valence-corrected chi connectivity index (χ3v) is 3.35. The molecule has 1 fully saturated rings. The molecule has 0 spiro atoms. The molecule has 1 rings (SSSR count). The number of nitrogens with two attached hydrogens (primary N) is 1. The molecule has 16 heavy (non-hydrogen) atoms. The highest BCUT2D eigenvalue weighted by Crippen LogP contribution is 2.07. The van der Waals surface area contributed by atoms with Crippen molar-refractivity contribution in [3.63, 3.8) is 0 Å². The van der Waals surface area contributed by atoms with Crippen LogP contribution in [0.3, 0.4) is 0 Å². The fraction of sp³-hybridized carbons (Fsp3) is 0.875. The van der Waals surface area contributed by atoms with E-state index in [1.807, 2.05) is 13.8 Å². The van der Waals surface area contributed by atoms with Crippen LogP contribution >= 0.6 is 0 Å². The highest BCUT2D eigenvalue weighted by Gasteiger charge is 2.34. The molecule has 0 aromatic heterocycles. The first kappa shape index (κ1) is 13.4. The van der Waals surface area contributed by atoms with E-state index in [-0.39, 0.29) is 25.0 Å². The van der Waals surface area contributed by atoms with E-state index in [4.69, 9.17) is 5.14 Å². The molecule has 4 N–H and O–H groups in total. The molecule has 1 heterocycles. The van der Waals surface area contributed by atoms with Crippen molar-refractivity contribution in [2.24, 2.45) is 5.14 Å². The van der Waals surface area contributed by atoms with Crippen molar-refractivity contribution in [3.8, 4) is 0 Å². The lowest BCUT2D eigenvalue weighted by molar-refractivity contribution is -0.125. The van der Waals surface area contributed by atoms with Crippen LogP contribution in [0.15, 0.2) is 0 Å². The summed E-state index contributed by atoms with van der Waals surface area (Å²) in [7, 11) is -3.82. The van der Waals surface area contributed by atoms with Crippen molar-refractivity contribution in [1.29, 1.82) is 0 Å². The van der Waals surface area contributed by atoms with E-state index >= 15 is 0 Å². The van der Waals surface area contributed by atoms with E-state index in [2.05, 4.69) is 10.6 Å². The minimum Gasteiger partial charge on any atom is -0.352 e. The van der Waals surface area contributed by atoms with Gasteiger partial charge < -0.3 is 10.6 Å². The second-order valence-corrected chi connectivity index (χ2v) is 5.54. The number of carbonyl (C=O) groups excluding carboxylic acids is 1. The van der Waals surface area contributed by atoms with Gasteiger partial charge in [-0.25, -0.2) is 5.14 Å². The highest BCUT2D eigenvalue weighted by atomic mass is 32.2. The van der Waals surface area contributed by atoms with E-state index in [0.29, 0.717) is 6.54 Å². The zero-order valence-corrected chi connectivity index (χ0v) is 10.3. The smallest absolute Gasteiger partial charge is 0.277 e. The van der Waals surface area contributed by atoms with E-state index in [1.54, 1.807) is 0 Å². The van der Waals surface area contributed by atoms with Crippen LogP contribution in [0.1, 0.15) is 13.8 Å². The molecular weight excluding hydrogens is 232 g/mol. The Morgan fingerprint density at radius 1 is 1.56 bits per heavy atom. The summed E-state index contributed by atoms with van der Waals surface area (Å²) in [5, 5.41) is 10.7. The Kier molecular flexibility index (Phi) is 4.25. The molecule has 0 aromatic carbocycles. The van der Waals surface area contributed by atoms with E-state index in [0.717, 1.165) is 4.31 Å². The summed E-state index contributed by atoms with van der Waals surface area (Å²) in [5.41, 5.74) is 0. The summed E-state index contributed by atoms with van der Waals surface area (Å²) in [5.74, 6) is -0.323. The lowest BCUT2D eigenvalue weighted by Crippen LogP contribution is -2.61. The molecule has 7 nitrogen and oxygen atoms in total. The molecule has 1 amide bonds. The van der Waals surface area contributed by atoms with Gasteiger partial charge in [0, 0.05) is 25.7 Å². The van der Waals surface area contributed by atoms with Crippen molar-refractivity contribution >= 4 is 16.1 Å². The maximum Gasteiger partial charge on any atom is 0.277 e. The third kappa shape index (κ3) is 3.41. The van der Waals surface area contributed by atoms with Crippen LogP contribution in [0.4, 0.5) is 0 Å². The Balaban J connectivity index is 2.79. The average molecular weight is 250 g/mol. The molecule has 0 aromatic rings. The van der Waals surface area contributed by atoms with Gasteiger partial charge in [-0.15, -0.1) is 0 Å². The molecule has 0 bridgehead atoms. The Hall–Kier alpha value is -0.700. The Morgan fingerprint density at radius 3 is 2.69 bits per heavy atom. The number of carbonyl (C=O) groups is 1. The van der Waals surface area contributed by atoms with Crippen LogP contribution in [0.25, 0.3) is 0 Å². The van der Waals surface area contributed by atoms with E-state index < -0.39 is 16.3 Å². The van der Waals surface area contributed by atoms with Gasteiger partial charge in [-0.3, -0.25) is 4.79 Å². The maximum atomic E-state index is 11.8. The van der Waals surface area contributed by atoms with Gasteiger partial charge in [0.05, 0.1) is 0 Å². The number of hydrogen-bond acceptors (Lipinski definition) is 4. The molecule has 1 atom stereocenters. The molecule has 8 heteroatoms. The fourth-order valence-electron chi connectivity index (χ4n) is 1.59. The highest BCUT2D eigenvalue weighted by molar-refractivity contribution is 7.86. The maximum absolute atomic E-state index is 11.8. The summed E-state index contributed by atoms with van der Waals surface area (Å²) >= 11 is 0. The molecular formula is C8H18N4O3S. The van der Waals surface area contributed by atoms with Gasteiger partial charge in [0.15, 0.2) is 0 Å². The predicted octanol–water partition coefficient (Wildman–Crippen LogP) is -2.01. The number of hydrogen-bond donors (Lipinski definition) is 3. The second-order valence-electron chi connectivity index (χ2n) is 4.04. The molecule has 0 saturated carbocycles. The summed E-state index contributed by atoms with van der Waals surface area (Å²) in [6.07, 6.45) is 0. The lowest BCUT2D eigenvalue weighted by Gasteiger charge is -2.33. The molecule has 1 aliphatic rings. The SMILES string of the molecule is CC(C)NC(=O)C1CNCCN1S(N)(=O)=O. The quantitative estimate of drug-likeness (QED) is 0.538. The number of nitrogens with one attached hydrogen (secondary N) is 2. The van der Waals surface area contributed by atoms with Gasteiger partial charge in [0.25, 0.3) is 10.2 Å². The Bertz CT molecular complexity index is 354. The van der Waals surface area contributed by atoms with Gasteiger partial charge in [0.2, 0.25) is 5.91 Å². The largest absolute Gasteiger partial charge is 0.352 e. The van der Waals surface area contributed by atoms with Crippen LogP contribution in [0, 0.1) is 0 Å². The van der Waals surface area contributed by atoms with Gasteiger partial charge >= 0.3 is 0 Å². The summed E-state index contributed by atoms with van der Waals surface area (Å²) < 4.78 is 23.6. The Labute approximate surface area is 95.5 Å². The lowest BCUT2D eigenvalue weighted by atomic mass is 10.2. The van der Waals surface area contributed by atoms with Gasteiger partial charge in [-0.05, 0) is 13.8 Å². The molecule has 1 unspecified atom stereocenters. The minimum absolute atomic E-state index is 0.0308. The standard InChI is InChI=1S/C8H18N4O3S/c1-6(2)11-8(13)7-5-10-3-4-12(7)16(9,14)15/h6-7,10H,3-5H2,1-2H3,(H,11,13)(H2,9,14,15). The third-order valence-electron chi connectivity index (χ3n) is 2.25. The van der Waals surface area contributed by atoms with Crippen molar-refractivity contribution in [1.82, 2.24) is 14.9 Å². The number of nitrogens with zero attached hydrogens (tertiary/aromatic N) is 1. The van der Waals surface area contributed by atoms with Crippen LogP contribution in [0.2, 0.25) is 0 Å². The molecule has 0 aliphatic carbocycles. The average Bonchev–Trinajstić information content (AvgIpc) is 2.15. The minimum atomic E-state index is -3.82. The molecule has 94 valence electrons. The number of rotatable bonds is 3. The van der Waals surface area contributed by atoms with Crippen molar-refractivity contribution in [3.05, 3.63) is 0 Å². The summed E-state index contributed by atoms with van der Waals surface area (Å²) in [6.45, 7) is 4.64. The monoisotopic (exact) mass is 250 g/mol. The first-order valence-electron chi connectivity index (χ1n) is 5.13. The summed E-state index contributed by atoms with van der Waals surface area (Å²) in [4.78, 5) is 11.8. The van der Waals surface area contributed by atoms with Crippen LogP contribution in [-0.2, 0) is 15.0 Å². The first-order valence-corrected chi connectivity index (χ1v) is 6.63. The van der Waals surface area contributed by atoms with Crippen LogP contribution < -0.4 is 15.8 Å². The van der Waals surface area contributed by atoms with Crippen molar-refractivity contribution in [2.75, 3.05) is 19.6 Å². The van der Waals surface area contributed by atoms with Gasteiger partial charge in [-0.2, -0.15) is 12.7 Å². The van der Waals surface area contributed by atoms with E-state index in [9.17, 15) is 13.2 Å². The fourth-order valence-corrected chi connectivity index (χ4v) is 2.47. The van der Waals surface area contributed by atoms with Crippen molar-refractivity contribution < 1.29 is 13.2 Å². The number of piperazine rings is 1. The normalized spacial score (nSPS) is 23.4. The molecule has 0 radical (unpaired) electrons. The predicted molar refractivity (Wildman–Crippen MR) is 59.7 cm³/mol. The molecule has 1 aliphatic heterocycles. The van der Waals surface area contributed by atoms with E-state index in [1.165, 1.54) is 0 Å². The summed E-state index contributed by atoms with van der Waals surface area (Å²) in [6, 6.07) is -0.789. The Morgan fingerprint density at radius 2 is 2.19 bits per heavy atom.